The lowest BCUT2D eigenvalue weighted by molar-refractivity contribution is -0.161. The summed E-state index contributed by atoms with van der Waals surface area (Å²) >= 11 is 1.45. The maximum absolute atomic E-state index is 11.4. The van der Waals surface area contributed by atoms with Gasteiger partial charge in [-0.15, -0.1) is 0 Å². The Labute approximate surface area is 139 Å². The summed E-state index contributed by atoms with van der Waals surface area (Å²) in [7, 11) is 0. The van der Waals surface area contributed by atoms with Gasteiger partial charge < -0.3 is 9.47 Å². The van der Waals surface area contributed by atoms with E-state index in [0.29, 0.717) is 18.1 Å². The second-order valence-electron chi connectivity index (χ2n) is 5.76. The largest absolute Gasteiger partial charge is 0.464 e. The molecule has 0 bridgehead atoms. The van der Waals surface area contributed by atoms with Crippen molar-refractivity contribution in [2.75, 3.05) is 24.7 Å². The van der Waals surface area contributed by atoms with Crippen LogP contribution in [0.1, 0.15) is 27.2 Å². The summed E-state index contributed by atoms with van der Waals surface area (Å²) < 4.78 is 9.93. The molecule has 1 aliphatic rings. The molecular weight excluding hydrogens is 322 g/mol. The standard InChI is InChI=1S/C15H21NO6S/c1-15(2,3)22-14(20)10-13(19)21-7-9-23-8-6-16-11(17)4-5-12(16)18/h4-5H,6-10H2,1-3H3. The minimum Gasteiger partial charge on any atom is -0.464 e. The SMILES string of the molecule is CC(C)(C)OC(=O)CC(=O)OCCSCCN1C(=O)C=CC1=O. The first kappa shape index (κ1) is 19.2. The molecule has 0 atom stereocenters. The molecule has 0 aliphatic carbocycles. The van der Waals surface area contributed by atoms with Crippen molar-refractivity contribution in [3.05, 3.63) is 12.2 Å². The first-order valence-electron chi connectivity index (χ1n) is 7.18. The van der Waals surface area contributed by atoms with E-state index in [1.807, 2.05) is 0 Å². The van der Waals surface area contributed by atoms with Crippen LogP contribution in [-0.4, -0.2) is 58.9 Å². The van der Waals surface area contributed by atoms with Crippen LogP contribution in [0.2, 0.25) is 0 Å². The minimum absolute atomic E-state index is 0.159. The van der Waals surface area contributed by atoms with Crippen LogP contribution >= 0.6 is 11.8 Å². The zero-order valence-electron chi connectivity index (χ0n) is 13.5. The first-order valence-corrected chi connectivity index (χ1v) is 8.33. The second-order valence-corrected chi connectivity index (χ2v) is 6.98. The fourth-order valence-electron chi connectivity index (χ4n) is 1.67. The van der Waals surface area contributed by atoms with Gasteiger partial charge in [-0.2, -0.15) is 11.8 Å². The zero-order chi connectivity index (χ0) is 17.5. The summed E-state index contributed by atoms with van der Waals surface area (Å²) in [6, 6.07) is 0. The highest BCUT2D eigenvalue weighted by atomic mass is 32.2. The van der Waals surface area contributed by atoms with E-state index in [2.05, 4.69) is 0 Å². The van der Waals surface area contributed by atoms with Crippen LogP contribution in [0.3, 0.4) is 0 Å². The number of rotatable bonds is 8. The molecule has 0 aromatic heterocycles. The number of esters is 2. The number of nitrogens with zero attached hydrogens (tertiary/aromatic N) is 1. The molecular formula is C15H21NO6S. The molecule has 1 rings (SSSR count). The smallest absolute Gasteiger partial charge is 0.317 e. The lowest BCUT2D eigenvalue weighted by Gasteiger charge is -2.19. The number of imide groups is 1. The molecule has 7 nitrogen and oxygen atoms in total. The molecule has 0 fully saturated rings. The van der Waals surface area contributed by atoms with E-state index in [0.717, 1.165) is 4.90 Å². The fraction of sp³-hybridized carbons (Fsp3) is 0.600. The molecule has 0 spiro atoms. The molecule has 1 aliphatic heterocycles. The Hall–Kier alpha value is -1.83. The Bertz CT molecular complexity index is 491. The Balaban J connectivity index is 2.06. The lowest BCUT2D eigenvalue weighted by Crippen LogP contribution is -2.32. The summed E-state index contributed by atoms with van der Waals surface area (Å²) in [6.45, 7) is 5.64. The van der Waals surface area contributed by atoms with Crippen molar-refractivity contribution in [3.63, 3.8) is 0 Å². The van der Waals surface area contributed by atoms with E-state index >= 15 is 0 Å². The lowest BCUT2D eigenvalue weighted by atomic mass is 10.2. The normalized spacial score (nSPS) is 14.3. The predicted molar refractivity (Wildman–Crippen MR) is 84.6 cm³/mol. The second kappa shape index (κ2) is 8.71. The van der Waals surface area contributed by atoms with Crippen LogP contribution in [0, 0.1) is 0 Å². The average molecular weight is 343 g/mol. The molecule has 128 valence electrons. The maximum Gasteiger partial charge on any atom is 0.317 e. The van der Waals surface area contributed by atoms with Crippen LogP contribution in [-0.2, 0) is 28.7 Å². The molecule has 1 heterocycles. The van der Waals surface area contributed by atoms with Crippen LogP contribution in [0.5, 0.6) is 0 Å². The Morgan fingerprint density at radius 3 is 2.26 bits per heavy atom. The van der Waals surface area contributed by atoms with Crippen molar-refractivity contribution >= 4 is 35.5 Å². The maximum atomic E-state index is 11.4. The van der Waals surface area contributed by atoms with E-state index < -0.39 is 24.0 Å². The van der Waals surface area contributed by atoms with E-state index in [1.54, 1.807) is 20.8 Å². The van der Waals surface area contributed by atoms with Crippen molar-refractivity contribution in [1.82, 2.24) is 4.90 Å². The van der Waals surface area contributed by atoms with E-state index in [4.69, 9.17) is 9.47 Å². The van der Waals surface area contributed by atoms with Gasteiger partial charge in [-0.1, -0.05) is 0 Å². The summed E-state index contributed by atoms with van der Waals surface area (Å²) in [5.74, 6) is -0.784. The molecule has 2 amide bonds. The molecule has 8 heteroatoms. The van der Waals surface area contributed by atoms with Gasteiger partial charge in [0, 0.05) is 30.2 Å². The predicted octanol–water partition coefficient (Wildman–Crippen LogP) is 0.920. The number of hydrogen-bond donors (Lipinski definition) is 0. The van der Waals surface area contributed by atoms with Crippen LogP contribution in [0.4, 0.5) is 0 Å². The third kappa shape index (κ3) is 7.83. The zero-order valence-corrected chi connectivity index (χ0v) is 14.3. The summed E-state index contributed by atoms with van der Waals surface area (Å²) in [4.78, 5) is 46.6. The minimum atomic E-state index is -0.632. The Morgan fingerprint density at radius 1 is 1.09 bits per heavy atom. The van der Waals surface area contributed by atoms with Gasteiger partial charge in [0.25, 0.3) is 11.8 Å². The topological polar surface area (TPSA) is 90.0 Å². The summed E-state index contributed by atoms with van der Waals surface area (Å²) in [5, 5.41) is 0. The molecule has 0 aromatic carbocycles. The molecule has 0 N–H and O–H groups in total. The number of hydrogen-bond acceptors (Lipinski definition) is 7. The monoisotopic (exact) mass is 343 g/mol. The van der Waals surface area contributed by atoms with Crippen molar-refractivity contribution in [2.24, 2.45) is 0 Å². The van der Waals surface area contributed by atoms with Gasteiger partial charge in [0.2, 0.25) is 0 Å². The van der Waals surface area contributed by atoms with Gasteiger partial charge in [0.05, 0.1) is 0 Å². The number of carbonyl (C=O) groups is 4. The number of thioether (sulfide) groups is 1. The average Bonchev–Trinajstić information content (AvgIpc) is 2.71. The Kier molecular flexibility index (Phi) is 7.28. The van der Waals surface area contributed by atoms with E-state index in [-0.39, 0.29) is 18.4 Å². The quantitative estimate of drug-likeness (QED) is 0.280. The van der Waals surface area contributed by atoms with Crippen LogP contribution in [0.25, 0.3) is 0 Å². The van der Waals surface area contributed by atoms with Crippen LogP contribution < -0.4 is 0 Å². The van der Waals surface area contributed by atoms with Crippen molar-refractivity contribution < 1.29 is 28.7 Å². The number of ether oxygens (including phenoxy) is 2. The number of amides is 2. The summed E-state index contributed by atoms with van der Waals surface area (Å²) in [6.07, 6.45) is 2.07. The third-order valence-electron chi connectivity index (χ3n) is 2.56. The highest BCUT2D eigenvalue weighted by molar-refractivity contribution is 7.99. The third-order valence-corrected chi connectivity index (χ3v) is 3.49. The molecule has 0 saturated heterocycles. The molecule has 0 aromatic rings. The number of carbonyl (C=O) groups excluding carboxylic acids is 4. The first-order chi connectivity index (χ1) is 10.7. The van der Waals surface area contributed by atoms with Gasteiger partial charge in [-0.25, -0.2) is 0 Å². The van der Waals surface area contributed by atoms with E-state index in [1.165, 1.54) is 23.9 Å². The molecule has 23 heavy (non-hydrogen) atoms. The van der Waals surface area contributed by atoms with Gasteiger partial charge in [0.15, 0.2) is 0 Å². The highest BCUT2D eigenvalue weighted by Gasteiger charge is 2.22. The van der Waals surface area contributed by atoms with Gasteiger partial charge in [-0.3, -0.25) is 24.1 Å². The summed E-state index contributed by atoms with van der Waals surface area (Å²) in [5.41, 5.74) is -0.632. The Morgan fingerprint density at radius 2 is 1.70 bits per heavy atom. The van der Waals surface area contributed by atoms with Gasteiger partial charge >= 0.3 is 11.9 Å². The molecule has 0 saturated carbocycles. The molecule has 0 radical (unpaired) electrons. The van der Waals surface area contributed by atoms with E-state index in [9.17, 15) is 19.2 Å². The van der Waals surface area contributed by atoms with Crippen molar-refractivity contribution in [3.8, 4) is 0 Å². The molecule has 0 unspecified atom stereocenters. The van der Waals surface area contributed by atoms with Gasteiger partial charge in [-0.05, 0) is 20.8 Å². The fourth-order valence-corrected chi connectivity index (χ4v) is 2.39. The van der Waals surface area contributed by atoms with Crippen LogP contribution in [0.15, 0.2) is 12.2 Å². The van der Waals surface area contributed by atoms with Crippen molar-refractivity contribution in [2.45, 2.75) is 32.8 Å². The van der Waals surface area contributed by atoms with Crippen molar-refractivity contribution in [1.29, 1.82) is 0 Å². The van der Waals surface area contributed by atoms with Gasteiger partial charge in [0.1, 0.15) is 18.6 Å². The highest BCUT2D eigenvalue weighted by Crippen LogP contribution is 2.09.